The third kappa shape index (κ3) is 4.08. The Labute approximate surface area is 124 Å². The standard InChI is InChI=1S/C14H21ClN4O/c15-11-7-8-12(19-16)18-13(11)14(20)17-9-3-6-10-4-1-2-5-10/h7-8,10H,1-6,9,16H2,(H,17,20)(H,18,19). The van der Waals surface area contributed by atoms with Crippen molar-refractivity contribution < 1.29 is 4.79 Å². The Morgan fingerprint density at radius 3 is 2.85 bits per heavy atom. The molecule has 1 saturated carbocycles. The number of nitrogens with zero attached hydrogens (tertiary/aromatic N) is 1. The number of nitrogens with one attached hydrogen (secondary N) is 2. The highest BCUT2D eigenvalue weighted by Crippen LogP contribution is 2.28. The molecule has 0 aliphatic heterocycles. The lowest BCUT2D eigenvalue weighted by atomic mass is 10.0. The summed E-state index contributed by atoms with van der Waals surface area (Å²) >= 11 is 5.97. The molecule has 5 nitrogen and oxygen atoms in total. The predicted molar refractivity (Wildman–Crippen MR) is 80.6 cm³/mol. The fourth-order valence-electron chi connectivity index (χ4n) is 2.66. The van der Waals surface area contributed by atoms with Gasteiger partial charge in [0.15, 0.2) is 0 Å². The van der Waals surface area contributed by atoms with E-state index in [1.54, 1.807) is 12.1 Å². The summed E-state index contributed by atoms with van der Waals surface area (Å²) in [5, 5.41) is 3.19. The van der Waals surface area contributed by atoms with E-state index in [2.05, 4.69) is 15.7 Å². The second-order valence-corrected chi connectivity index (χ2v) is 5.63. The highest BCUT2D eigenvalue weighted by Gasteiger charge is 2.15. The molecule has 1 aliphatic carbocycles. The van der Waals surface area contributed by atoms with Crippen molar-refractivity contribution in [2.75, 3.05) is 12.0 Å². The zero-order chi connectivity index (χ0) is 14.4. The highest BCUT2D eigenvalue weighted by atomic mass is 35.5. The van der Waals surface area contributed by atoms with Crippen LogP contribution < -0.4 is 16.6 Å². The molecule has 20 heavy (non-hydrogen) atoms. The van der Waals surface area contributed by atoms with E-state index in [1.807, 2.05) is 0 Å². The third-order valence-electron chi connectivity index (χ3n) is 3.76. The van der Waals surface area contributed by atoms with Crippen molar-refractivity contribution in [2.24, 2.45) is 11.8 Å². The number of halogens is 1. The molecule has 1 fully saturated rings. The van der Waals surface area contributed by atoms with Gasteiger partial charge in [0.05, 0.1) is 5.02 Å². The maximum atomic E-state index is 12.0. The molecule has 4 N–H and O–H groups in total. The van der Waals surface area contributed by atoms with Crippen LogP contribution in [-0.4, -0.2) is 17.4 Å². The molecule has 0 saturated heterocycles. The topological polar surface area (TPSA) is 80.0 Å². The van der Waals surface area contributed by atoms with Crippen molar-refractivity contribution in [1.82, 2.24) is 10.3 Å². The van der Waals surface area contributed by atoms with E-state index in [0.29, 0.717) is 17.4 Å². The number of nitrogens with two attached hydrogens (primary N) is 1. The first-order valence-electron chi connectivity index (χ1n) is 7.12. The average molecular weight is 297 g/mol. The van der Waals surface area contributed by atoms with Gasteiger partial charge in [-0.3, -0.25) is 4.79 Å². The van der Waals surface area contributed by atoms with Crippen molar-refractivity contribution in [3.05, 3.63) is 22.8 Å². The zero-order valence-corrected chi connectivity index (χ0v) is 12.2. The monoisotopic (exact) mass is 296 g/mol. The molecular formula is C14H21ClN4O. The van der Waals surface area contributed by atoms with E-state index in [1.165, 1.54) is 32.1 Å². The van der Waals surface area contributed by atoms with Gasteiger partial charge in [-0.15, -0.1) is 0 Å². The lowest BCUT2D eigenvalue weighted by Crippen LogP contribution is -2.26. The zero-order valence-electron chi connectivity index (χ0n) is 11.5. The van der Waals surface area contributed by atoms with Gasteiger partial charge in [-0.1, -0.05) is 37.3 Å². The van der Waals surface area contributed by atoms with Gasteiger partial charge in [0, 0.05) is 6.54 Å². The van der Waals surface area contributed by atoms with Crippen LogP contribution in [0, 0.1) is 5.92 Å². The molecule has 1 heterocycles. The van der Waals surface area contributed by atoms with Crippen molar-refractivity contribution in [3.8, 4) is 0 Å². The Balaban J connectivity index is 1.79. The number of hydrogen-bond donors (Lipinski definition) is 3. The minimum Gasteiger partial charge on any atom is -0.351 e. The summed E-state index contributed by atoms with van der Waals surface area (Å²) in [6.07, 6.45) is 7.58. The van der Waals surface area contributed by atoms with Crippen LogP contribution in [0.3, 0.4) is 0 Å². The van der Waals surface area contributed by atoms with Crippen LogP contribution in [-0.2, 0) is 0 Å². The van der Waals surface area contributed by atoms with Crippen LogP contribution in [0.5, 0.6) is 0 Å². The van der Waals surface area contributed by atoms with Crippen LogP contribution in [0.4, 0.5) is 5.82 Å². The normalized spacial score (nSPS) is 15.3. The largest absolute Gasteiger partial charge is 0.351 e. The second-order valence-electron chi connectivity index (χ2n) is 5.22. The Bertz CT molecular complexity index is 460. The summed E-state index contributed by atoms with van der Waals surface area (Å²) in [4.78, 5) is 16.1. The fourth-order valence-corrected chi connectivity index (χ4v) is 2.85. The van der Waals surface area contributed by atoms with Gasteiger partial charge in [0.25, 0.3) is 5.91 Å². The van der Waals surface area contributed by atoms with Gasteiger partial charge in [0.1, 0.15) is 11.5 Å². The van der Waals surface area contributed by atoms with Crippen LogP contribution in [0.1, 0.15) is 49.0 Å². The van der Waals surface area contributed by atoms with Crippen LogP contribution >= 0.6 is 11.6 Å². The first kappa shape index (κ1) is 15.1. The number of hydrogen-bond acceptors (Lipinski definition) is 4. The number of amides is 1. The molecule has 0 bridgehead atoms. The van der Waals surface area contributed by atoms with E-state index in [4.69, 9.17) is 17.4 Å². The summed E-state index contributed by atoms with van der Waals surface area (Å²) in [5.41, 5.74) is 2.62. The van der Waals surface area contributed by atoms with E-state index in [9.17, 15) is 4.79 Å². The molecule has 0 spiro atoms. The maximum Gasteiger partial charge on any atom is 0.271 e. The summed E-state index contributed by atoms with van der Waals surface area (Å²) in [7, 11) is 0. The van der Waals surface area contributed by atoms with Gasteiger partial charge in [-0.25, -0.2) is 10.8 Å². The van der Waals surface area contributed by atoms with Crippen LogP contribution in [0.25, 0.3) is 0 Å². The molecule has 2 rings (SSSR count). The average Bonchev–Trinajstić information content (AvgIpc) is 2.97. The molecule has 1 aliphatic rings. The van der Waals surface area contributed by atoms with Crippen molar-refractivity contribution >= 4 is 23.3 Å². The number of carbonyl (C=O) groups excluding carboxylic acids is 1. The maximum absolute atomic E-state index is 12.0. The number of nitrogen functional groups attached to an aromatic ring is 1. The van der Waals surface area contributed by atoms with E-state index in [-0.39, 0.29) is 11.6 Å². The van der Waals surface area contributed by atoms with Crippen molar-refractivity contribution in [3.63, 3.8) is 0 Å². The lowest BCUT2D eigenvalue weighted by molar-refractivity contribution is 0.0948. The fraction of sp³-hybridized carbons (Fsp3) is 0.571. The van der Waals surface area contributed by atoms with Crippen molar-refractivity contribution in [1.29, 1.82) is 0 Å². The molecule has 1 amide bonds. The number of anilines is 1. The minimum absolute atomic E-state index is 0.211. The first-order chi connectivity index (χ1) is 9.70. The molecule has 110 valence electrons. The SMILES string of the molecule is NNc1ccc(Cl)c(C(=O)NCCCC2CCCC2)n1. The highest BCUT2D eigenvalue weighted by molar-refractivity contribution is 6.33. The van der Waals surface area contributed by atoms with Gasteiger partial charge < -0.3 is 10.7 Å². The van der Waals surface area contributed by atoms with Gasteiger partial charge in [-0.05, 0) is 30.9 Å². The number of pyridine rings is 1. The van der Waals surface area contributed by atoms with E-state index >= 15 is 0 Å². The Morgan fingerprint density at radius 1 is 1.40 bits per heavy atom. The molecule has 0 aromatic carbocycles. The predicted octanol–water partition coefficient (Wildman–Crippen LogP) is 2.72. The van der Waals surface area contributed by atoms with Gasteiger partial charge in [-0.2, -0.15) is 0 Å². The number of rotatable bonds is 6. The lowest BCUT2D eigenvalue weighted by Gasteiger charge is -2.10. The Morgan fingerprint density at radius 2 is 2.15 bits per heavy atom. The number of aromatic nitrogens is 1. The minimum atomic E-state index is -0.251. The van der Waals surface area contributed by atoms with Crippen LogP contribution in [0.15, 0.2) is 12.1 Å². The summed E-state index contributed by atoms with van der Waals surface area (Å²) in [6, 6.07) is 3.23. The van der Waals surface area contributed by atoms with Gasteiger partial charge in [0.2, 0.25) is 0 Å². The van der Waals surface area contributed by atoms with Crippen molar-refractivity contribution in [2.45, 2.75) is 38.5 Å². The summed E-state index contributed by atoms with van der Waals surface area (Å²) in [5.74, 6) is 6.29. The molecular weight excluding hydrogens is 276 g/mol. The molecule has 6 heteroatoms. The van der Waals surface area contributed by atoms with Gasteiger partial charge >= 0.3 is 0 Å². The van der Waals surface area contributed by atoms with Crippen LogP contribution in [0.2, 0.25) is 5.02 Å². The summed E-state index contributed by atoms with van der Waals surface area (Å²) < 4.78 is 0. The quantitative estimate of drug-likeness (QED) is 0.428. The second kappa shape index (κ2) is 7.45. The summed E-state index contributed by atoms with van der Waals surface area (Å²) in [6.45, 7) is 0.660. The van der Waals surface area contributed by atoms with E-state index < -0.39 is 0 Å². The number of hydrazine groups is 1. The molecule has 0 unspecified atom stereocenters. The molecule has 1 aromatic rings. The number of carbonyl (C=O) groups is 1. The molecule has 0 atom stereocenters. The molecule has 1 aromatic heterocycles. The Hall–Kier alpha value is -1.33. The first-order valence-corrected chi connectivity index (χ1v) is 7.50. The Kier molecular flexibility index (Phi) is 5.61. The molecule has 0 radical (unpaired) electrons. The third-order valence-corrected chi connectivity index (χ3v) is 4.06. The smallest absolute Gasteiger partial charge is 0.271 e. The van der Waals surface area contributed by atoms with E-state index in [0.717, 1.165) is 12.3 Å².